The molecule has 0 saturated carbocycles. The number of aliphatic hydroxyl groups is 5. The van der Waals surface area contributed by atoms with Crippen LogP contribution in [0.3, 0.4) is 0 Å². The number of aromatic hydroxyl groups is 3. The third kappa shape index (κ3) is 21.6. The second kappa shape index (κ2) is 40.7. The number of nitrogens with two attached hydrogens (primary N) is 2. The first-order valence-electron chi connectivity index (χ1n) is 39.4. The van der Waals surface area contributed by atoms with Gasteiger partial charge in [-0.2, -0.15) is 0 Å². The Morgan fingerprint density at radius 1 is 0.669 bits per heavy atom. The van der Waals surface area contributed by atoms with E-state index in [2.05, 4.69) is 57.9 Å². The van der Waals surface area contributed by atoms with Gasteiger partial charge in [0, 0.05) is 47.7 Å². The Bertz CT molecular complexity index is 5210. The van der Waals surface area contributed by atoms with Crippen molar-refractivity contribution in [3.63, 3.8) is 0 Å². The van der Waals surface area contributed by atoms with Gasteiger partial charge in [-0.05, 0) is 169 Å². The summed E-state index contributed by atoms with van der Waals surface area (Å²) in [4.78, 5) is 123. The second-order valence-corrected chi connectivity index (χ2v) is 32.3. The Labute approximate surface area is 728 Å². The maximum absolute atomic E-state index is 16.4. The van der Waals surface area contributed by atoms with Gasteiger partial charge >= 0.3 is 0 Å². The van der Waals surface area contributed by atoms with E-state index in [0.29, 0.717) is 28.6 Å². The number of hydrogen-bond acceptors (Lipinski definition) is 27. The topological polar surface area (TPSA) is 572 Å². The summed E-state index contributed by atoms with van der Waals surface area (Å²) in [5.74, 6) is -14.3. The lowest BCUT2D eigenvalue weighted by Crippen LogP contribution is -2.62. The lowest BCUT2D eigenvalue weighted by Gasteiger charge is -2.45. The monoisotopic (exact) mass is 1790 g/mol. The molecule has 37 nitrogen and oxygen atoms in total. The maximum Gasteiger partial charge on any atom is 0.248 e. The molecule has 7 aromatic carbocycles. The number of primary amides is 1. The molecule has 0 radical (unpaired) electrons. The van der Waals surface area contributed by atoms with E-state index in [4.69, 9.17) is 91.0 Å². The van der Waals surface area contributed by atoms with Crippen LogP contribution in [0.1, 0.15) is 122 Å². The first kappa shape index (κ1) is 92.1. The minimum absolute atomic E-state index is 0.0334. The van der Waals surface area contributed by atoms with Crippen molar-refractivity contribution in [1.29, 1.82) is 0 Å². The highest BCUT2D eigenvalue weighted by Crippen LogP contribution is 2.50. The zero-order valence-corrected chi connectivity index (χ0v) is 69.8. The molecule has 2 saturated heterocycles. The second-order valence-electron chi connectivity index (χ2n) is 30.6. The number of phenols is 3. The number of amides is 8. The standard InChI is InChI=1S/C83H92Cl4N14O23/c1-35(2)21-52(91-4)76(111)99-67-70(107)40-11-17-56(49(86)24-40)120-58-26-42-27-59(74(58)124-83-75(73(110)72(109)60(122-83)33-94-101-90)123-62-31-51(69(106)36(3)119-62)93-32-37-7-13-44(14-8-37)118-34-38-9-15-47(84)48(85)22-38)121-57-18-12-41(25-50(57)87)71(108)68-82(117)98-66(78(113)92-20-6-5-19-88)46-28-43(102)29-55(104)63(46)45-23-39(10-16-54(45)103)64(79(114)100-68)97-80(115)65(42)96-77(112)53(30-61(89)105)95-81(67)116/h7-18,22-29,35-36,51-53,60,62,64-73,75,83,91,93,102-104,106-110H,5-6,19-21,30-34,88H2,1-4H3,(H2,89,105)(H,92,113)(H,95,116)(H,96,112)(H,97,115)(H,98,117)(H,99,111)(H,100,114)/t36?,51?,52-,53+,60?,62?,64?,65-,66-,67-,68+,69?,70-,71-,72?,73?,75?,83?/m1/s1. The summed E-state index contributed by atoms with van der Waals surface area (Å²) in [7, 11) is 1.48. The summed E-state index contributed by atoms with van der Waals surface area (Å²) < 4.78 is 45.7. The van der Waals surface area contributed by atoms with Crippen LogP contribution in [0.15, 0.2) is 126 Å². The van der Waals surface area contributed by atoms with Crippen molar-refractivity contribution in [2.75, 3.05) is 26.7 Å². The number of phenolic OH excluding ortho intramolecular Hbond substituents is 3. The maximum atomic E-state index is 16.4. The van der Waals surface area contributed by atoms with Gasteiger partial charge in [-0.15, -0.1) is 0 Å². The van der Waals surface area contributed by atoms with Crippen LogP contribution in [-0.4, -0.2) is 194 Å². The fourth-order valence-corrected chi connectivity index (χ4v) is 15.6. The minimum Gasteiger partial charge on any atom is -0.508 e. The summed E-state index contributed by atoms with van der Waals surface area (Å²) in [5, 5.41) is 124. The van der Waals surface area contributed by atoms with Gasteiger partial charge in [-0.3, -0.25) is 38.4 Å². The number of unbranched alkanes of at least 4 members (excludes halogenated alkanes) is 1. The summed E-state index contributed by atoms with van der Waals surface area (Å²) >= 11 is 26.8. The number of aliphatic hydroxyl groups excluding tert-OH is 5. The van der Waals surface area contributed by atoms with E-state index < -0.39 is 232 Å². The number of nitrogens with zero attached hydrogens (tertiary/aromatic N) is 3. The summed E-state index contributed by atoms with van der Waals surface area (Å²) in [6, 6.07) is 11.6. The van der Waals surface area contributed by atoms with E-state index in [9.17, 15) is 60.8 Å². The molecule has 41 heteroatoms. The summed E-state index contributed by atoms with van der Waals surface area (Å²) in [6.07, 6.45) is -17.9. The number of nitrogens with one attached hydrogen (secondary N) is 9. The molecule has 2 fully saturated rings. The van der Waals surface area contributed by atoms with Crippen LogP contribution in [0.25, 0.3) is 21.6 Å². The number of fused-ring (bicyclic) bond motifs is 15. The minimum atomic E-state index is -2.37. The van der Waals surface area contributed by atoms with Gasteiger partial charge in [-0.25, -0.2) is 0 Å². The van der Waals surface area contributed by atoms with E-state index >= 15 is 24.0 Å². The molecule has 0 spiro atoms. The van der Waals surface area contributed by atoms with Crippen LogP contribution in [0.5, 0.6) is 51.7 Å². The highest BCUT2D eigenvalue weighted by Gasteiger charge is 2.51. The number of hydrogen-bond donors (Lipinski definition) is 19. The Hall–Kier alpha value is -11.1. The average molecular weight is 1800 g/mol. The molecular formula is C83H92Cl4N14O23. The number of carbonyl (C=O) groups excluding carboxylic acids is 8. The SMILES string of the molecule is CN[C@H](CC(C)C)C(=O)N[C@H]1C(=O)N[C@@H](CC(N)=O)C(=O)N[C@H]2C(=O)NC3C(=O)N[C@H](C(=O)N[C@@H](C(=O)NCCCCN)c4cc(O)cc(O)c4-c4cc3ccc4O)[C@H](O)c3ccc(c(Cl)c3)Oc3cc2cc(c3OC2OC(CN=[N+]=[N-])C(O)C(O)C2OC2CC(NCc3ccc(OCc4ccc(Cl)c(Cl)c4)cc3)C(O)C(C)O2)Oc2ccc(cc2Cl)[C@H]1O. The predicted molar refractivity (Wildman–Crippen MR) is 445 cm³/mol. The Morgan fingerprint density at radius 2 is 1.32 bits per heavy atom. The Morgan fingerprint density at radius 3 is 1.97 bits per heavy atom. The number of likely N-dealkylation sites (N-methyl/N-ethyl adjacent to an activating group) is 1. The van der Waals surface area contributed by atoms with Gasteiger partial charge in [0.05, 0.1) is 57.4 Å². The third-order valence-corrected chi connectivity index (χ3v) is 22.7. The molecule has 7 heterocycles. The fourth-order valence-electron chi connectivity index (χ4n) is 14.8. The summed E-state index contributed by atoms with van der Waals surface area (Å²) in [6.45, 7) is 5.06. The van der Waals surface area contributed by atoms with Crippen molar-refractivity contribution in [2.24, 2.45) is 22.5 Å². The van der Waals surface area contributed by atoms with E-state index in [1.165, 1.54) is 25.2 Å². The van der Waals surface area contributed by atoms with Crippen molar-refractivity contribution in [3.05, 3.63) is 191 Å². The van der Waals surface area contributed by atoms with Gasteiger partial charge in [0.2, 0.25) is 59.3 Å². The molecule has 660 valence electrons. The van der Waals surface area contributed by atoms with Gasteiger partial charge in [0.15, 0.2) is 23.9 Å². The number of halogens is 4. The van der Waals surface area contributed by atoms with Gasteiger partial charge in [0.25, 0.3) is 0 Å². The van der Waals surface area contributed by atoms with E-state index in [-0.39, 0.29) is 78.0 Å². The largest absolute Gasteiger partial charge is 0.508 e. The molecule has 14 rings (SSSR count). The van der Waals surface area contributed by atoms with Crippen molar-refractivity contribution in [1.82, 2.24) is 47.9 Å². The normalized spacial score (nSPS) is 25.4. The van der Waals surface area contributed by atoms with Gasteiger partial charge in [0.1, 0.15) is 102 Å². The molecule has 8 amide bonds. The first-order chi connectivity index (χ1) is 59.2. The molecule has 0 aliphatic carbocycles. The number of carbonyl (C=O) groups is 8. The molecule has 0 aromatic heterocycles. The van der Waals surface area contributed by atoms with Crippen LogP contribution in [-0.2, 0) is 65.7 Å². The first-order valence-corrected chi connectivity index (χ1v) is 40.9. The van der Waals surface area contributed by atoms with Crippen LogP contribution >= 0.6 is 46.4 Å². The van der Waals surface area contributed by atoms with Crippen molar-refractivity contribution < 1.29 is 112 Å². The lowest BCUT2D eigenvalue weighted by molar-refractivity contribution is -0.327. The fraction of sp³-hybridized carbons (Fsp3) is 0.398. The molecular weight excluding hydrogens is 1700 g/mol. The van der Waals surface area contributed by atoms with Crippen LogP contribution < -0.4 is 78.3 Å². The highest BCUT2D eigenvalue weighted by atomic mass is 35.5. The molecule has 21 N–H and O–H groups in total. The van der Waals surface area contributed by atoms with Crippen molar-refractivity contribution in [3.8, 4) is 62.9 Å². The predicted octanol–water partition coefficient (Wildman–Crippen LogP) is 5.52. The number of benzene rings is 7. The number of azide groups is 1. The smallest absolute Gasteiger partial charge is 0.248 e. The molecule has 124 heavy (non-hydrogen) atoms. The van der Waals surface area contributed by atoms with Gasteiger partial charge < -0.3 is 133 Å². The van der Waals surface area contributed by atoms with Crippen LogP contribution in [0.2, 0.25) is 20.1 Å². The average Bonchev–Trinajstić information content (AvgIpc) is 0.754. The lowest BCUT2D eigenvalue weighted by atomic mass is 9.89. The Kier molecular flexibility index (Phi) is 30.2. The molecule has 7 aliphatic heterocycles. The van der Waals surface area contributed by atoms with E-state index in [1.54, 1.807) is 49.4 Å². The highest BCUT2D eigenvalue weighted by molar-refractivity contribution is 6.42. The number of ether oxygens (including phenoxy) is 7. The Balaban J connectivity index is 1.02. The molecule has 7 aliphatic rings. The number of rotatable bonds is 24. The third-order valence-electron chi connectivity index (χ3n) is 21.4. The zero-order chi connectivity index (χ0) is 89.2. The van der Waals surface area contributed by atoms with Crippen LogP contribution in [0, 0.1) is 5.92 Å². The molecule has 18 atom stereocenters. The summed E-state index contributed by atoms with van der Waals surface area (Å²) in [5.41, 5.74) is 20.4. The van der Waals surface area contributed by atoms with E-state index in [0.717, 1.165) is 71.8 Å². The van der Waals surface area contributed by atoms with E-state index in [1.807, 2.05) is 13.8 Å². The molecule has 10 unspecified atom stereocenters. The zero-order valence-electron chi connectivity index (χ0n) is 66.8. The molecule has 11 bridgehead atoms. The molecule has 7 aromatic rings. The van der Waals surface area contributed by atoms with Crippen LogP contribution in [0.4, 0.5) is 0 Å². The van der Waals surface area contributed by atoms with Crippen molar-refractivity contribution in [2.45, 2.75) is 176 Å². The quantitative estimate of drug-likeness (QED) is 0.0153. The van der Waals surface area contributed by atoms with Gasteiger partial charge in [-0.1, -0.05) is 102 Å². The van der Waals surface area contributed by atoms with Crippen molar-refractivity contribution >= 4 is 93.7 Å².